The van der Waals surface area contributed by atoms with Crippen LogP contribution in [-0.4, -0.2) is 20.3 Å². The molecule has 0 bridgehead atoms. The first-order valence-corrected chi connectivity index (χ1v) is 5.63. The van der Waals surface area contributed by atoms with E-state index in [-0.39, 0.29) is 6.29 Å². The Morgan fingerprint density at radius 3 is 2.50 bits per heavy atom. The molecule has 16 heavy (non-hydrogen) atoms. The van der Waals surface area contributed by atoms with Gasteiger partial charge in [0.1, 0.15) is 5.75 Å². The lowest BCUT2D eigenvalue weighted by molar-refractivity contribution is -0.0455. The van der Waals surface area contributed by atoms with Crippen LogP contribution < -0.4 is 4.74 Å². The van der Waals surface area contributed by atoms with Crippen LogP contribution in [0.5, 0.6) is 5.75 Å². The van der Waals surface area contributed by atoms with Crippen LogP contribution in [0.2, 0.25) is 0 Å². The maximum absolute atomic E-state index is 5.51. The van der Waals surface area contributed by atoms with E-state index < -0.39 is 0 Å². The van der Waals surface area contributed by atoms with Gasteiger partial charge in [0.25, 0.3) is 0 Å². The van der Waals surface area contributed by atoms with E-state index >= 15 is 0 Å². The summed E-state index contributed by atoms with van der Waals surface area (Å²) in [6.07, 6.45) is -0.270. The molecule has 1 saturated heterocycles. The molecule has 0 atom stereocenters. The quantitative estimate of drug-likeness (QED) is 0.787. The summed E-state index contributed by atoms with van der Waals surface area (Å²) in [5, 5.41) is 0. The topological polar surface area (TPSA) is 27.7 Å². The number of methoxy groups -OCH3 is 1. The summed E-state index contributed by atoms with van der Waals surface area (Å²) < 4.78 is 16.4. The zero-order valence-corrected chi connectivity index (χ0v) is 10.0. The Kier molecular flexibility index (Phi) is 3.46. The first-order chi connectivity index (χ1) is 7.72. The Labute approximate surface area is 96.3 Å². The average molecular weight is 222 g/mol. The molecule has 1 aliphatic rings. The molecule has 88 valence electrons. The van der Waals surface area contributed by atoms with Crippen LogP contribution in [0.3, 0.4) is 0 Å². The Morgan fingerprint density at radius 1 is 1.25 bits per heavy atom. The van der Waals surface area contributed by atoms with E-state index in [1.165, 1.54) is 5.56 Å². The molecule has 3 nitrogen and oxygen atoms in total. The number of rotatable bonds is 3. The fourth-order valence-electron chi connectivity index (χ4n) is 1.83. The van der Waals surface area contributed by atoms with Crippen LogP contribution >= 0.6 is 0 Å². The Hall–Kier alpha value is -1.06. The molecule has 3 heteroatoms. The third-order valence-electron chi connectivity index (χ3n) is 2.80. The number of hydrogen-bond donors (Lipinski definition) is 0. The Balaban J connectivity index is 2.34. The third kappa shape index (κ3) is 2.20. The van der Waals surface area contributed by atoms with Crippen molar-refractivity contribution >= 4 is 0 Å². The van der Waals surface area contributed by atoms with Crippen molar-refractivity contribution in [3.05, 3.63) is 29.3 Å². The van der Waals surface area contributed by atoms with Crippen LogP contribution in [0, 0.1) is 0 Å². The lowest BCUT2D eigenvalue weighted by Gasteiger charge is -2.16. The van der Waals surface area contributed by atoms with Crippen LogP contribution in [0.4, 0.5) is 0 Å². The second-order valence-corrected chi connectivity index (χ2v) is 4.23. The molecule has 0 spiro atoms. The van der Waals surface area contributed by atoms with Crippen molar-refractivity contribution in [2.45, 2.75) is 26.1 Å². The standard InChI is InChI=1S/C13H18O3/c1-9(2)10-4-5-12(14-3)11(8-10)13-15-6-7-16-13/h4-5,8-9,13H,6-7H2,1-3H3. The minimum absolute atomic E-state index is 0.270. The monoisotopic (exact) mass is 222 g/mol. The SMILES string of the molecule is COc1ccc(C(C)C)cc1C1OCCO1. The summed E-state index contributed by atoms with van der Waals surface area (Å²) >= 11 is 0. The summed E-state index contributed by atoms with van der Waals surface area (Å²) in [5.74, 6) is 1.32. The van der Waals surface area contributed by atoms with Crippen LogP contribution in [-0.2, 0) is 9.47 Å². The second kappa shape index (κ2) is 4.85. The number of ether oxygens (including phenoxy) is 3. The first kappa shape index (κ1) is 11.4. The van der Waals surface area contributed by atoms with E-state index in [1.54, 1.807) is 7.11 Å². The minimum Gasteiger partial charge on any atom is -0.496 e. The molecule has 0 saturated carbocycles. The first-order valence-electron chi connectivity index (χ1n) is 5.63. The van der Waals surface area contributed by atoms with Crippen LogP contribution in [0.15, 0.2) is 18.2 Å². The van der Waals surface area contributed by atoms with Crippen molar-refractivity contribution in [3.8, 4) is 5.75 Å². The summed E-state index contributed by atoms with van der Waals surface area (Å²) in [4.78, 5) is 0. The highest BCUT2D eigenvalue weighted by atomic mass is 16.7. The fourth-order valence-corrected chi connectivity index (χ4v) is 1.83. The zero-order valence-electron chi connectivity index (χ0n) is 10.0. The van der Waals surface area contributed by atoms with Gasteiger partial charge in [-0.2, -0.15) is 0 Å². The molecule has 0 radical (unpaired) electrons. The smallest absolute Gasteiger partial charge is 0.187 e. The van der Waals surface area contributed by atoms with Gasteiger partial charge < -0.3 is 14.2 Å². The van der Waals surface area contributed by atoms with E-state index in [0.29, 0.717) is 19.1 Å². The molecule has 2 rings (SSSR count). The largest absolute Gasteiger partial charge is 0.496 e. The van der Waals surface area contributed by atoms with E-state index in [1.807, 2.05) is 6.07 Å². The van der Waals surface area contributed by atoms with Crippen LogP contribution in [0.1, 0.15) is 37.2 Å². The van der Waals surface area contributed by atoms with Gasteiger partial charge in [-0.3, -0.25) is 0 Å². The molecule has 1 aliphatic heterocycles. The van der Waals surface area contributed by atoms with Crippen molar-refractivity contribution in [1.82, 2.24) is 0 Å². The zero-order chi connectivity index (χ0) is 11.5. The fraction of sp³-hybridized carbons (Fsp3) is 0.538. The van der Waals surface area contributed by atoms with Gasteiger partial charge in [-0.15, -0.1) is 0 Å². The third-order valence-corrected chi connectivity index (χ3v) is 2.80. The van der Waals surface area contributed by atoms with Crippen LogP contribution in [0.25, 0.3) is 0 Å². The Bertz CT molecular complexity index is 354. The predicted molar refractivity (Wildman–Crippen MR) is 61.7 cm³/mol. The average Bonchev–Trinajstić information content (AvgIpc) is 2.81. The molecule has 0 aromatic heterocycles. The van der Waals surface area contributed by atoms with E-state index in [0.717, 1.165) is 11.3 Å². The maximum Gasteiger partial charge on any atom is 0.187 e. The van der Waals surface area contributed by atoms with Crippen molar-refractivity contribution in [1.29, 1.82) is 0 Å². The van der Waals surface area contributed by atoms with Crippen molar-refractivity contribution < 1.29 is 14.2 Å². The molecular weight excluding hydrogens is 204 g/mol. The summed E-state index contributed by atoms with van der Waals surface area (Å²) in [5.41, 5.74) is 2.26. The van der Waals surface area contributed by atoms with Gasteiger partial charge in [0, 0.05) is 5.56 Å². The summed E-state index contributed by atoms with van der Waals surface area (Å²) in [7, 11) is 1.67. The highest BCUT2D eigenvalue weighted by molar-refractivity contribution is 5.39. The van der Waals surface area contributed by atoms with Crippen molar-refractivity contribution in [2.75, 3.05) is 20.3 Å². The van der Waals surface area contributed by atoms with Crippen molar-refractivity contribution in [3.63, 3.8) is 0 Å². The molecule has 0 amide bonds. The van der Waals surface area contributed by atoms with Gasteiger partial charge in [-0.05, 0) is 23.6 Å². The molecule has 1 heterocycles. The molecule has 0 N–H and O–H groups in total. The molecule has 1 aromatic carbocycles. The van der Waals surface area contributed by atoms with E-state index in [2.05, 4.69) is 26.0 Å². The summed E-state index contributed by atoms with van der Waals surface area (Å²) in [6.45, 7) is 5.64. The molecule has 0 unspecified atom stereocenters. The predicted octanol–water partition coefficient (Wildman–Crippen LogP) is 2.86. The number of hydrogen-bond acceptors (Lipinski definition) is 3. The van der Waals surface area contributed by atoms with Gasteiger partial charge in [-0.25, -0.2) is 0 Å². The van der Waals surface area contributed by atoms with Gasteiger partial charge in [0.15, 0.2) is 6.29 Å². The highest BCUT2D eigenvalue weighted by Crippen LogP contribution is 2.33. The van der Waals surface area contributed by atoms with Gasteiger partial charge in [0.05, 0.1) is 20.3 Å². The van der Waals surface area contributed by atoms with Gasteiger partial charge in [0.2, 0.25) is 0 Å². The Morgan fingerprint density at radius 2 is 1.94 bits per heavy atom. The molecular formula is C13H18O3. The van der Waals surface area contributed by atoms with Gasteiger partial charge in [-0.1, -0.05) is 19.9 Å². The lowest BCUT2D eigenvalue weighted by atomic mass is 10.00. The normalized spacial score (nSPS) is 17.0. The second-order valence-electron chi connectivity index (χ2n) is 4.23. The van der Waals surface area contributed by atoms with E-state index in [9.17, 15) is 0 Å². The molecule has 1 fully saturated rings. The number of benzene rings is 1. The summed E-state index contributed by atoms with van der Waals surface area (Å²) in [6, 6.07) is 6.18. The molecule has 1 aromatic rings. The van der Waals surface area contributed by atoms with E-state index in [4.69, 9.17) is 14.2 Å². The van der Waals surface area contributed by atoms with Crippen molar-refractivity contribution in [2.24, 2.45) is 0 Å². The molecule has 0 aliphatic carbocycles. The minimum atomic E-state index is -0.270. The maximum atomic E-state index is 5.51. The van der Waals surface area contributed by atoms with Gasteiger partial charge >= 0.3 is 0 Å². The lowest BCUT2D eigenvalue weighted by Crippen LogP contribution is -2.03. The highest BCUT2D eigenvalue weighted by Gasteiger charge is 2.22.